The smallest absolute Gasteiger partial charge is 0.326 e. The molecule has 0 aromatic heterocycles. The summed E-state index contributed by atoms with van der Waals surface area (Å²) in [5.41, 5.74) is 7.88. The van der Waals surface area contributed by atoms with Crippen molar-refractivity contribution in [3.63, 3.8) is 0 Å². The molecular weight excluding hydrogens is 352 g/mol. The number of hydrogen-bond acceptors (Lipinski definition) is 6. The Bertz CT molecular complexity index is 789. The maximum Gasteiger partial charge on any atom is 0.425 e. The number of Topliss-reactive ketones (excluding diaryl/α,β-unsaturated/α-hetero) is 1. The molecule has 2 bridgehead atoms. The maximum atomic E-state index is 11.6. The number of carbonyl (C=O) groups is 1. The quantitative estimate of drug-likeness (QED) is 0.845. The minimum absolute atomic E-state index is 0.0255. The number of hydrogen-bond donors (Lipinski definition) is 1. The summed E-state index contributed by atoms with van der Waals surface area (Å²) in [6.07, 6.45) is 3.70. The van der Waals surface area contributed by atoms with Crippen LogP contribution in [0.15, 0.2) is 24.3 Å². The molecule has 2 saturated carbocycles. The highest BCUT2D eigenvalue weighted by molar-refractivity contribution is 7.59. The van der Waals surface area contributed by atoms with Crippen molar-refractivity contribution in [1.29, 1.82) is 5.26 Å². The predicted octanol–water partition coefficient (Wildman–Crippen LogP) is 2.61. The van der Waals surface area contributed by atoms with E-state index in [1.807, 2.05) is 24.3 Å². The van der Waals surface area contributed by atoms with E-state index in [0.717, 1.165) is 24.0 Å². The summed E-state index contributed by atoms with van der Waals surface area (Å²) >= 11 is 0. The lowest BCUT2D eigenvalue weighted by Gasteiger charge is -2.32. The highest BCUT2D eigenvalue weighted by atomic mass is 32.2. The molecular formula is C19H26N2O4S. The van der Waals surface area contributed by atoms with Gasteiger partial charge in [-0.3, -0.25) is 4.79 Å². The fourth-order valence-corrected chi connectivity index (χ4v) is 3.92. The first-order valence-corrected chi connectivity index (χ1v) is 9.54. The van der Waals surface area contributed by atoms with Gasteiger partial charge >= 0.3 is 10.6 Å². The molecule has 2 N–H and O–H groups in total. The van der Waals surface area contributed by atoms with Gasteiger partial charge < -0.3 is 5.73 Å². The van der Waals surface area contributed by atoms with Crippen LogP contribution in [-0.2, 0) is 28.4 Å². The van der Waals surface area contributed by atoms with Crippen LogP contribution in [0.5, 0.6) is 0 Å². The van der Waals surface area contributed by atoms with Gasteiger partial charge in [0.2, 0.25) is 0 Å². The summed E-state index contributed by atoms with van der Waals surface area (Å²) in [4.78, 5) is 11.6. The second-order valence-corrected chi connectivity index (χ2v) is 7.84. The Balaban J connectivity index is 0.000000217. The Hall–Kier alpha value is -2.04. The fraction of sp³-hybridized carbons (Fsp3) is 0.579. The maximum absolute atomic E-state index is 11.6. The average Bonchev–Trinajstić information content (AvgIpc) is 2.89. The Morgan fingerprint density at radius 1 is 1.19 bits per heavy atom. The molecule has 0 saturated heterocycles. The van der Waals surface area contributed by atoms with Crippen LogP contribution in [0.25, 0.3) is 0 Å². The van der Waals surface area contributed by atoms with Crippen LogP contribution in [0, 0.1) is 28.1 Å². The first-order chi connectivity index (χ1) is 12.1. The van der Waals surface area contributed by atoms with Crippen molar-refractivity contribution in [1.82, 2.24) is 0 Å². The number of fused-ring (bicyclic) bond motifs is 2. The highest BCUT2D eigenvalue weighted by Gasteiger charge is 2.61. The van der Waals surface area contributed by atoms with Gasteiger partial charge in [0, 0.05) is 18.4 Å². The van der Waals surface area contributed by atoms with Crippen LogP contribution in [0.3, 0.4) is 0 Å². The van der Waals surface area contributed by atoms with E-state index in [2.05, 4.69) is 26.8 Å². The van der Waals surface area contributed by atoms with Gasteiger partial charge in [-0.15, -0.1) is 12.6 Å². The van der Waals surface area contributed by atoms with Crippen LogP contribution in [-0.4, -0.2) is 18.4 Å². The van der Waals surface area contributed by atoms with Crippen LogP contribution >= 0.6 is 0 Å². The van der Waals surface area contributed by atoms with E-state index in [-0.39, 0.29) is 10.8 Å². The molecule has 2 fully saturated rings. The average molecular weight is 378 g/mol. The topological polar surface area (TPSA) is 118 Å². The third-order valence-corrected chi connectivity index (χ3v) is 6.09. The van der Waals surface area contributed by atoms with Gasteiger partial charge in [-0.2, -0.15) is 5.26 Å². The molecule has 0 amide bonds. The zero-order chi connectivity index (χ0) is 20.0. The monoisotopic (exact) mass is 378 g/mol. The molecule has 2 atom stereocenters. The second kappa shape index (κ2) is 9.06. The third-order valence-electron chi connectivity index (χ3n) is 6.09. The van der Waals surface area contributed by atoms with Crippen LogP contribution in [0.2, 0.25) is 0 Å². The standard InChI is InChI=1S/C10H16O.C9H10N2.O3S/c1-9(2)7-4-5-10(9,3)8(11)6-7;10-6-5-8-3-1-2-4-9(8)7-11;1-4(2)3/h7H,4-6H2,1-3H3;1-4H,5,7,11H2;. The van der Waals surface area contributed by atoms with E-state index >= 15 is 0 Å². The number of benzene rings is 1. The summed E-state index contributed by atoms with van der Waals surface area (Å²) in [7, 11) is -3.11. The van der Waals surface area contributed by atoms with E-state index in [1.54, 1.807) is 0 Å². The molecule has 0 aliphatic heterocycles. The second-order valence-electron chi connectivity index (χ2n) is 7.43. The zero-order valence-electron chi connectivity index (χ0n) is 15.5. The molecule has 2 aliphatic carbocycles. The van der Waals surface area contributed by atoms with Gasteiger partial charge in [-0.1, -0.05) is 45.0 Å². The number of nitriles is 1. The molecule has 0 spiro atoms. The molecule has 1 aromatic rings. The molecule has 26 heavy (non-hydrogen) atoms. The molecule has 1 aromatic carbocycles. The van der Waals surface area contributed by atoms with Gasteiger partial charge in [-0.05, 0) is 35.3 Å². The SMILES string of the molecule is CC12CCC(CC1=O)C2(C)C.N#CCc1ccccc1CN.O=S(=O)=O. The van der Waals surface area contributed by atoms with Crippen LogP contribution in [0.1, 0.15) is 51.2 Å². The zero-order valence-corrected chi connectivity index (χ0v) is 16.3. The van der Waals surface area contributed by atoms with Gasteiger partial charge in [0.25, 0.3) is 0 Å². The Labute approximate surface area is 156 Å². The normalized spacial score (nSPS) is 24.6. The minimum Gasteiger partial charge on any atom is -0.326 e. The molecule has 6 nitrogen and oxygen atoms in total. The molecule has 3 rings (SSSR count). The van der Waals surface area contributed by atoms with Gasteiger partial charge in [0.1, 0.15) is 5.78 Å². The highest BCUT2D eigenvalue weighted by Crippen LogP contribution is 2.63. The van der Waals surface area contributed by atoms with E-state index in [9.17, 15) is 4.79 Å². The fourth-order valence-electron chi connectivity index (χ4n) is 3.92. The lowest BCUT2D eigenvalue weighted by molar-refractivity contribution is -0.128. The third kappa shape index (κ3) is 4.77. The lowest BCUT2D eigenvalue weighted by Crippen LogP contribution is -2.32. The van der Waals surface area contributed by atoms with Gasteiger partial charge in [0.15, 0.2) is 0 Å². The van der Waals surface area contributed by atoms with Crippen molar-refractivity contribution in [2.75, 3.05) is 0 Å². The molecule has 2 unspecified atom stereocenters. The minimum atomic E-state index is -3.11. The summed E-state index contributed by atoms with van der Waals surface area (Å²) in [6.45, 7) is 7.19. The first-order valence-electron chi connectivity index (χ1n) is 8.54. The number of rotatable bonds is 2. The first kappa shape index (κ1) is 22.0. The molecule has 142 valence electrons. The van der Waals surface area contributed by atoms with E-state index < -0.39 is 10.6 Å². The number of nitrogens with zero attached hydrogens (tertiary/aromatic N) is 1. The van der Waals surface area contributed by atoms with E-state index in [4.69, 9.17) is 23.6 Å². The summed E-state index contributed by atoms with van der Waals surface area (Å²) in [5, 5.41) is 8.45. The summed E-state index contributed by atoms with van der Waals surface area (Å²) < 4.78 is 25.3. The molecule has 0 heterocycles. The van der Waals surface area contributed by atoms with Crippen LogP contribution in [0.4, 0.5) is 0 Å². The number of nitrogens with two attached hydrogens (primary N) is 1. The number of carbonyl (C=O) groups excluding carboxylic acids is 1. The summed E-state index contributed by atoms with van der Waals surface area (Å²) in [5.74, 6) is 1.19. The summed E-state index contributed by atoms with van der Waals surface area (Å²) in [6, 6.07) is 9.85. The molecule has 0 radical (unpaired) electrons. The van der Waals surface area contributed by atoms with Crippen molar-refractivity contribution < 1.29 is 17.4 Å². The number of ketones is 1. The molecule has 7 heteroatoms. The van der Waals surface area contributed by atoms with Crippen molar-refractivity contribution >= 4 is 16.4 Å². The Morgan fingerprint density at radius 2 is 1.73 bits per heavy atom. The van der Waals surface area contributed by atoms with E-state index in [0.29, 0.717) is 24.7 Å². The lowest BCUT2D eigenvalue weighted by atomic mass is 9.70. The predicted molar refractivity (Wildman–Crippen MR) is 97.6 cm³/mol. The molecule has 2 aliphatic rings. The Kier molecular flexibility index (Phi) is 7.67. The van der Waals surface area contributed by atoms with Crippen molar-refractivity contribution in [2.45, 2.75) is 53.0 Å². The van der Waals surface area contributed by atoms with Gasteiger partial charge in [-0.25, -0.2) is 0 Å². The largest absolute Gasteiger partial charge is 0.425 e. The van der Waals surface area contributed by atoms with Gasteiger partial charge in [0.05, 0.1) is 12.5 Å². The van der Waals surface area contributed by atoms with E-state index in [1.165, 1.54) is 6.42 Å². The van der Waals surface area contributed by atoms with Crippen LogP contribution < -0.4 is 5.73 Å². The van der Waals surface area contributed by atoms with Crippen molar-refractivity contribution in [2.24, 2.45) is 22.5 Å². The Morgan fingerprint density at radius 3 is 2.04 bits per heavy atom. The van der Waals surface area contributed by atoms with Crippen molar-refractivity contribution in [3.8, 4) is 6.07 Å². The van der Waals surface area contributed by atoms with Crippen molar-refractivity contribution in [3.05, 3.63) is 35.4 Å².